The number of benzene rings is 8. The number of nitrogens with zero attached hydrogens (tertiary/aromatic N) is 4. The lowest BCUT2D eigenvalue weighted by molar-refractivity contribution is -0.117. The molecule has 1 amide bonds. The van der Waals surface area contributed by atoms with E-state index in [1.54, 1.807) is 38.1 Å². The van der Waals surface area contributed by atoms with Gasteiger partial charge in [-0.3, -0.25) is 24.4 Å². The Kier molecular flexibility index (Phi) is 21.6. The van der Waals surface area contributed by atoms with Crippen LogP contribution in [0.25, 0.3) is 38.2 Å². The monoisotopic (exact) mass is 1260 g/mol. The van der Waals surface area contributed by atoms with Crippen LogP contribution in [0.2, 0.25) is 13.1 Å². The minimum atomic E-state index is -2.42. The van der Waals surface area contributed by atoms with Gasteiger partial charge in [0.2, 0.25) is 5.91 Å². The van der Waals surface area contributed by atoms with Gasteiger partial charge in [0.05, 0.1) is 5.71 Å². The Morgan fingerprint density at radius 1 is 0.570 bits per heavy atom. The van der Waals surface area contributed by atoms with E-state index >= 15 is 0 Å². The third kappa shape index (κ3) is 15.2. The number of anilines is 1. The number of ketones is 1. The van der Waals surface area contributed by atoms with E-state index in [2.05, 4.69) is 155 Å². The predicted molar refractivity (Wildman–Crippen MR) is 387 cm³/mol. The second kappa shape index (κ2) is 29.7. The van der Waals surface area contributed by atoms with Gasteiger partial charge in [0.25, 0.3) is 0 Å². The number of carbonyl (C=O) groups is 2. The van der Waals surface area contributed by atoms with Gasteiger partial charge in [0, 0.05) is 77.6 Å². The van der Waals surface area contributed by atoms with Gasteiger partial charge < -0.3 is 40.4 Å². The quantitative estimate of drug-likeness (QED) is 0.0113. The van der Waals surface area contributed by atoms with Gasteiger partial charge in [-0.2, -0.15) is 0 Å². The smallest absolute Gasteiger partial charge is 0.423 e. The van der Waals surface area contributed by atoms with Crippen molar-refractivity contribution in [1.82, 2.24) is 15.1 Å². The van der Waals surface area contributed by atoms with Crippen molar-refractivity contribution >= 4 is 101 Å². The SMILES string of the molecule is C=C(C)C(=O)CCCCN(Cc1ccccc1B(O)O)Cc1c2ccccc2c(CN(CCCNC(=O)C(=C)C)Cc2ccccc2B(O)O)c2ccc(-c3ccc(C)c(C4=C5C=CC(=NC)C=C5[Si](C)(C)c5cc(N(C)Cc6ccccc6B(O)O)ccc54)c3)cc12. The van der Waals surface area contributed by atoms with Crippen molar-refractivity contribution in [1.29, 1.82) is 0 Å². The van der Waals surface area contributed by atoms with E-state index in [4.69, 9.17) is 0 Å². The fraction of sp³-hybridized carbons (Fsp3) is 0.250. The molecule has 0 saturated heterocycles. The molecular weight excluding hydrogens is 1170 g/mol. The summed E-state index contributed by atoms with van der Waals surface area (Å²) < 4.78 is 0. The summed E-state index contributed by atoms with van der Waals surface area (Å²) in [6.45, 7) is 22.0. The zero-order chi connectivity index (χ0) is 66.3. The number of fused-ring (bicyclic) bond motifs is 4. The predicted octanol–water partition coefficient (Wildman–Crippen LogP) is 8.88. The number of carbonyl (C=O) groups excluding carboxylic acids is 2. The van der Waals surface area contributed by atoms with Crippen LogP contribution in [-0.2, 0) is 42.3 Å². The maximum absolute atomic E-state index is 12.9. The summed E-state index contributed by atoms with van der Waals surface area (Å²) in [5.74, 6) is -0.167. The van der Waals surface area contributed by atoms with E-state index in [-0.39, 0.29) is 11.7 Å². The molecular formula is C76H84B3N5O8Si. The van der Waals surface area contributed by atoms with E-state index in [9.17, 15) is 39.7 Å². The van der Waals surface area contributed by atoms with E-state index in [0.717, 1.165) is 88.6 Å². The lowest BCUT2D eigenvalue weighted by Gasteiger charge is -2.39. The first-order valence-corrected chi connectivity index (χ1v) is 35.1. The van der Waals surface area contributed by atoms with Gasteiger partial charge in [0.15, 0.2) is 5.78 Å². The van der Waals surface area contributed by atoms with Crippen LogP contribution in [0.15, 0.2) is 210 Å². The Morgan fingerprint density at radius 2 is 1.10 bits per heavy atom. The Labute approximate surface area is 549 Å². The third-order valence-corrected chi connectivity index (χ3v) is 22.1. The molecule has 13 nitrogen and oxygen atoms in total. The summed E-state index contributed by atoms with van der Waals surface area (Å²) in [4.78, 5) is 37.1. The lowest BCUT2D eigenvalue weighted by Crippen LogP contribution is -2.49. The molecule has 0 unspecified atom stereocenters. The summed E-state index contributed by atoms with van der Waals surface area (Å²) >= 11 is 0. The largest absolute Gasteiger partial charge is 0.488 e. The fourth-order valence-corrected chi connectivity index (χ4v) is 16.5. The highest BCUT2D eigenvalue weighted by Crippen LogP contribution is 2.45. The molecule has 93 heavy (non-hydrogen) atoms. The summed E-state index contributed by atoms with van der Waals surface area (Å²) in [5, 5.41) is 73.0. The molecule has 0 bridgehead atoms. The molecule has 0 atom stereocenters. The standard InChI is InChI=1S/C76H84B3N5O8Si/c1-50(2)72(85)29-18-19-39-83(46-56-22-11-16-27-70(56)78(89)90)49-68-61-25-14-13-24-60(61)67(48-84(40-20-38-81-76(86)51(3)4)47-57-23-12-17-28-71(57)79(91)92)62-35-32-54(42-66(62)68)53-31-30-52(5)65(41-53)75-63-36-33-58(80-6)43-73(63)93(8,9)74-44-59(34-37-64(74)75)82(7)45-55-21-10-15-26-69(55)77(87)88/h10-17,21-28,30-37,41-44,87-92H,1,3,18-20,29,38-40,45-49H2,2,4-9H3,(H,81,86). The van der Waals surface area contributed by atoms with Crippen LogP contribution < -0.4 is 31.8 Å². The van der Waals surface area contributed by atoms with Gasteiger partial charge in [-0.15, -0.1) is 0 Å². The molecule has 474 valence electrons. The van der Waals surface area contributed by atoms with Crippen molar-refractivity contribution in [2.45, 2.75) is 92.3 Å². The lowest BCUT2D eigenvalue weighted by atomic mass is 9.77. The molecule has 8 aromatic rings. The highest BCUT2D eigenvalue weighted by molar-refractivity contribution is 6.98. The fourth-order valence-electron chi connectivity index (χ4n) is 13.4. The van der Waals surface area contributed by atoms with Crippen LogP contribution in [0.5, 0.6) is 0 Å². The molecule has 2 aliphatic rings. The average molecular weight is 1260 g/mol. The maximum Gasteiger partial charge on any atom is 0.488 e. The van der Waals surface area contributed by atoms with Crippen molar-refractivity contribution in [2.75, 3.05) is 38.6 Å². The Bertz CT molecular complexity index is 4310. The minimum Gasteiger partial charge on any atom is -0.423 e. The second-order valence-electron chi connectivity index (χ2n) is 25.5. The highest BCUT2D eigenvalue weighted by Gasteiger charge is 2.40. The van der Waals surface area contributed by atoms with Crippen molar-refractivity contribution in [3.05, 3.63) is 249 Å². The number of Topliss-reactive ketones (excluding diaryl/α,β-unsaturated/α-hetero) is 1. The number of hydrogen-bond acceptors (Lipinski definition) is 12. The number of unbranched alkanes of at least 4 members (excludes halogenated alkanes) is 1. The molecule has 0 fully saturated rings. The minimum absolute atomic E-state index is 0.0387. The molecule has 10 rings (SSSR count). The van der Waals surface area contributed by atoms with Crippen molar-refractivity contribution in [2.24, 2.45) is 4.99 Å². The Balaban J connectivity index is 1.14. The van der Waals surface area contributed by atoms with Gasteiger partial charge >= 0.3 is 21.4 Å². The molecule has 0 aromatic heterocycles. The Morgan fingerprint density at radius 3 is 1.67 bits per heavy atom. The number of rotatable bonds is 27. The topological polar surface area (TPSA) is 190 Å². The van der Waals surface area contributed by atoms with Gasteiger partial charge in [-0.05, 0) is 204 Å². The first kappa shape index (κ1) is 67.6. The number of allylic oxidation sites excluding steroid dienone is 6. The number of nitrogens with one attached hydrogen (secondary N) is 1. The first-order valence-electron chi connectivity index (χ1n) is 32.1. The normalized spacial score (nSPS) is 13.8. The van der Waals surface area contributed by atoms with Gasteiger partial charge in [-0.25, -0.2) is 0 Å². The maximum atomic E-state index is 12.9. The average Bonchev–Trinajstić information content (AvgIpc) is 0.727. The van der Waals surface area contributed by atoms with Crippen molar-refractivity contribution in [3.8, 4) is 11.1 Å². The zero-order valence-corrected chi connectivity index (χ0v) is 55.6. The van der Waals surface area contributed by atoms with Crippen molar-refractivity contribution in [3.63, 3.8) is 0 Å². The first-order chi connectivity index (χ1) is 44.6. The van der Waals surface area contributed by atoms with Crippen LogP contribution in [0, 0.1) is 6.92 Å². The molecule has 7 N–H and O–H groups in total. The van der Waals surface area contributed by atoms with E-state index in [1.807, 2.05) is 62.6 Å². The molecule has 0 spiro atoms. The van der Waals surface area contributed by atoms with Crippen LogP contribution in [0.3, 0.4) is 0 Å². The van der Waals surface area contributed by atoms with E-state index in [1.165, 1.54) is 21.5 Å². The number of aliphatic imine (C=N–C) groups is 1. The van der Waals surface area contributed by atoms with Gasteiger partial charge in [0.1, 0.15) is 8.07 Å². The van der Waals surface area contributed by atoms with Crippen LogP contribution >= 0.6 is 0 Å². The van der Waals surface area contributed by atoms with Crippen LogP contribution in [0.1, 0.15) is 84.0 Å². The molecule has 1 aliphatic heterocycles. The van der Waals surface area contributed by atoms with E-state index < -0.39 is 29.4 Å². The van der Waals surface area contributed by atoms with Crippen LogP contribution in [-0.4, -0.2) is 121 Å². The summed E-state index contributed by atoms with van der Waals surface area (Å²) in [7, 11) is -3.47. The second-order valence-corrected chi connectivity index (χ2v) is 29.8. The summed E-state index contributed by atoms with van der Waals surface area (Å²) in [5.41, 5.74) is 16.6. The molecule has 17 heteroatoms. The van der Waals surface area contributed by atoms with Crippen LogP contribution in [0.4, 0.5) is 5.69 Å². The molecule has 0 radical (unpaired) electrons. The third-order valence-electron chi connectivity index (χ3n) is 18.6. The molecule has 1 heterocycles. The van der Waals surface area contributed by atoms with E-state index in [0.29, 0.717) is 106 Å². The zero-order valence-electron chi connectivity index (χ0n) is 54.6. The van der Waals surface area contributed by atoms with Gasteiger partial charge in [-0.1, -0.05) is 160 Å². The Hall–Kier alpha value is -8.32. The summed E-state index contributed by atoms with van der Waals surface area (Å²) in [6, 6.07) is 51.1. The number of aryl methyl sites for hydroxylation is 1. The van der Waals surface area contributed by atoms with Crippen molar-refractivity contribution < 1.29 is 39.7 Å². The molecule has 8 aromatic carbocycles. The number of amides is 1. The summed E-state index contributed by atoms with van der Waals surface area (Å²) in [6.07, 6.45) is 9.00. The molecule has 1 aliphatic carbocycles. The number of hydrogen-bond donors (Lipinski definition) is 7. The highest BCUT2D eigenvalue weighted by atomic mass is 28.3. The molecule has 0 saturated carbocycles.